The van der Waals surface area contributed by atoms with Gasteiger partial charge in [-0.15, -0.1) is 11.8 Å². The van der Waals surface area contributed by atoms with Crippen molar-refractivity contribution in [2.45, 2.75) is 107 Å². The zero-order valence-electron chi connectivity index (χ0n) is 32.0. The van der Waals surface area contributed by atoms with E-state index in [0.29, 0.717) is 38.8 Å². The maximum atomic E-state index is 11.4. The average Bonchev–Trinajstić information content (AvgIpc) is 3.15. The third kappa shape index (κ3) is 26.8. The van der Waals surface area contributed by atoms with Crippen LogP contribution in [0, 0.1) is 0 Å². The van der Waals surface area contributed by atoms with Crippen LogP contribution in [0.4, 0.5) is 0 Å². The molecular weight excluding hydrogens is 745 g/mol. The first kappa shape index (κ1) is 51.1. The van der Waals surface area contributed by atoms with E-state index in [9.17, 15) is 29.4 Å². The quantitative estimate of drug-likeness (QED) is 0.0369. The van der Waals surface area contributed by atoms with Gasteiger partial charge in [0.15, 0.2) is 18.0 Å². The summed E-state index contributed by atoms with van der Waals surface area (Å²) < 4.78 is 0. The first-order valence-electron chi connectivity index (χ1n) is 18.5. The van der Waals surface area contributed by atoms with Crippen molar-refractivity contribution in [3.63, 3.8) is 0 Å². The molecule has 56 heavy (non-hydrogen) atoms. The minimum Gasteiger partial charge on any atom is -0.481 e. The molecule has 0 aliphatic rings. The molecule has 0 radical (unpaired) electrons. The minimum atomic E-state index is -1.57. The predicted molar refractivity (Wildman–Crippen MR) is 220 cm³/mol. The topological polar surface area (TPSA) is 350 Å². The molecule has 0 heterocycles. The minimum absolute atomic E-state index is 0.0129. The smallest absolute Gasteiger partial charge is 0.334 e. The molecule has 0 aromatic heterocycles. The first-order valence-corrected chi connectivity index (χ1v) is 19.5. The lowest BCUT2D eigenvalue weighted by Crippen LogP contribution is -2.30. The fourth-order valence-corrected chi connectivity index (χ4v) is 6.33. The molecule has 2 aromatic rings. The van der Waals surface area contributed by atoms with Crippen LogP contribution in [0.15, 0.2) is 64.6 Å². The van der Waals surface area contributed by atoms with E-state index in [1.54, 1.807) is 0 Å². The van der Waals surface area contributed by atoms with Crippen LogP contribution in [0.5, 0.6) is 0 Å². The second-order valence-electron chi connectivity index (χ2n) is 12.8. The fourth-order valence-electron chi connectivity index (χ4n) is 5.08. The highest BCUT2D eigenvalue weighted by Crippen LogP contribution is 2.35. The molecule has 2 aromatic carbocycles. The molecule has 17 nitrogen and oxygen atoms in total. The Morgan fingerprint density at radius 1 is 0.607 bits per heavy atom. The van der Waals surface area contributed by atoms with Gasteiger partial charge in [-0.2, -0.15) is 0 Å². The van der Waals surface area contributed by atoms with Crippen molar-refractivity contribution < 1.29 is 44.7 Å². The van der Waals surface area contributed by atoms with E-state index in [4.69, 9.17) is 49.7 Å². The molecule has 4 atom stereocenters. The summed E-state index contributed by atoms with van der Waals surface area (Å²) in [5, 5.41) is 44.5. The number of aliphatic hydroxyl groups is 1. The van der Waals surface area contributed by atoms with Gasteiger partial charge in [0.25, 0.3) is 0 Å². The van der Waals surface area contributed by atoms with Crippen LogP contribution in [-0.4, -0.2) is 98.4 Å². The van der Waals surface area contributed by atoms with Gasteiger partial charge in [0, 0.05) is 18.8 Å². The molecule has 2 rings (SSSR count). The van der Waals surface area contributed by atoms with Gasteiger partial charge in [0.1, 0.15) is 12.1 Å². The molecule has 0 fully saturated rings. The number of aliphatic hydroxyl groups excluding tert-OH is 1. The first-order chi connectivity index (χ1) is 26.6. The zero-order valence-corrected chi connectivity index (χ0v) is 32.8. The van der Waals surface area contributed by atoms with E-state index in [2.05, 4.69) is 34.3 Å². The lowest BCUT2D eigenvalue weighted by Gasteiger charge is -2.22. The van der Waals surface area contributed by atoms with Crippen LogP contribution in [0.25, 0.3) is 0 Å². The van der Waals surface area contributed by atoms with Crippen molar-refractivity contribution >= 4 is 47.6 Å². The Morgan fingerprint density at radius 3 is 1.54 bits per heavy atom. The van der Waals surface area contributed by atoms with Gasteiger partial charge >= 0.3 is 23.9 Å². The van der Waals surface area contributed by atoms with Gasteiger partial charge in [-0.05, 0) is 68.1 Å². The number of rotatable bonds is 26. The van der Waals surface area contributed by atoms with Crippen LogP contribution in [0.1, 0.15) is 92.6 Å². The van der Waals surface area contributed by atoms with Crippen molar-refractivity contribution in [3.8, 4) is 0 Å². The van der Waals surface area contributed by atoms with Crippen LogP contribution >= 0.6 is 11.8 Å². The van der Waals surface area contributed by atoms with Gasteiger partial charge in [0.2, 0.25) is 0 Å². The van der Waals surface area contributed by atoms with Crippen molar-refractivity contribution in [2.75, 3.05) is 18.8 Å². The number of aliphatic imine (C=N–C) groups is 2. The van der Waals surface area contributed by atoms with E-state index in [1.165, 1.54) is 43.0 Å². The lowest BCUT2D eigenvalue weighted by molar-refractivity contribution is -0.146. The molecule has 0 bridgehead atoms. The molecule has 0 spiro atoms. The molecule has 0 aliphatic carbocycles. The van der Waals surface area contributed by atoms with E-state index in [-0.39, 0.29) is 24.1 Å². The Kier molecular flexibility index (Phi) is 28.6. The number of nitrogens with two attached hydrogens (primary N) is 6. The summed E-state index contributed by atoms with van der Waals surface area (Å²) in [7, 11) is 0. The number of hydrogen-bond donors (Lipinski definition) is 11. The molecule has 18 heteroatoms. The van der Waals surface area contributed by atoms with Gasteiger partial charge in [-0.1, -0.05) is 80.3 Å². The predicted octanol–water partition coefficient (Wildman–Crippen LogP) is 2.41. The summed E-state index contributed by atoms with van der Waals surface area (Å²) in [5.74, 6) is -3.94. The van der Waals surface area contributed by atoms with E-state index < -0.39 is 47.3 Å². The van der Waals surface area contributed by atoms with Gasteiger partial charge in [-0.25, -0.2) is 4.79 Å². The number of hydrogen-bond acceptors (Lipinski definition) is 10. The summed E-state index contributed by atoms with van der Waals surface area (Å²) in [6.07, 6.45) is 9.14. The second-order valence-corrected chi connectivity index (χ2v) is 14.1. The van der Waals surface area contributed by atoms with E-state index in [1.807, 2.05) is 30.3 Å². The van der Waals surface area contributed by atoms with Crippen LogP contribution in [-0.2, 0) is 32.0 Å². The molecule has 0 saturated heterocycles. The third-order valence-electron chi connectivity index (χ3n) is 8.09. The standard InChI is InChI=1S/C26H34O5S.2C6H14N4O2/c27-23(28)18-19-32-25(24(29)26(30)31)22-17-11-10-16-21(22)15-9-4-2-1-3-6-12-20-13-7-5-8-14-20;2*7-4(5(11)12)2-1-3-10-6(8)9/h5,7-8,10-11,13-14,16-17,24-25,29H,1-4,6,9,12,15,18-19H2,(H,27,28)(H,30,31);2*4H,1-3,7H2,(H,11,12)(H4,8,9,10)/t24-,25-;2*4-/m100/s1. The highest BCUT2D eigenvalue weighted by Gasteiger charge is 2.29. The monoisotopic (exact) mass is 806 g/mol. The summed E-state index contributed by atoms with van der Waals surface area (Å²) in [4.78, 5) is 50.0. The number of carbonyl (C=O) groups is 4. The second kappa shape index (κ2) is 31.3. The Labute approximate surface area is 333 Å². The normalized spacial score (nSPS) is 12.6. The third-order valence-corrected chi connectivity index (χ3v) is 9.40. The number of thioether (sulfide) groups is 1. The molecule has 0 aliphatic heterocycles. The highest BCUT2D eigenvalue weighted by molar-refractivity contribution is 7.99. The van der Waals surface area contributed by atoms with E-state index in [0.717, 1.165) is 36.8 Å². The van der Waals surface area contributed by atoms with Gasteiger partial charge in [-0.3, -0.25) is 24.4 Å². The Bertz CT molecular complexity index is 1440. The summed E-state index contributed by atoms with van der Waals surface area (Å²) >= 11 is 1.19. The Hall–Kier alpha value is -4.91. The number of unbranched alkanes of at least 4 members (excludes halogenated alkanes) is 5. The summed E-state index contributed by atoms with van der Waals surface area (Å²) in [6.45, 7) is 0.840. The number of aryl methyl sites for hydroxylation is 2. The summed E-state index contributed by atoms with van der Waals surface area (Å²) in [6, 6.07) is 16.5. The maximum absolute atomic E-state index is 11.4. The summed E-state index contributed by atoms with van der Waals surface area (Å²) in [5.41, 5.74) is 33.9. The van der Waals surface area contributed by atoms with Crippen LogP contribution in [0.3, 0.4) is 0 Å². The van der Waals surface area contributed by atoms with Crippen LogP contribution in [0.2, 0.25) is 0 Å². The number of carboxylic acid groups (broad SMARTS) is 4. The molecule has 0 saturated carbocycles. The number of carboxylic acids is 4. The largest absolute Gasteiger partial charge is 0.481 e. The lowest BCUT2D eigenvalue weighted by atomic mass is 9.96. The Morgan fingerprint density at radius 2 is 1.07 bits per heavy atom. The maximum Gasteiger partial charge on any atom is 0.334 e. The molecular formula is C38H62N8O9S. The molecule has 17 N–H and O–H groups in total. The number of nitrogens with zero attached hydrogens (tertiary/aromatic N) is 2. The molecule has 0 amide bonds. The van der Waals surface area contributed by atoms with Crippen molar-refractivity contribution in [1.82, 2.24) is 0 Å². The number of aliphatic carboxylic acids is 4. The highest BCUT2D eigenvalue weighted by atomic mass is 32.2. The van der Waals surface area contributed by atoms with Crippen LogP contribution < -0.4 is 34.4 Å². The molecule has 0 unspecified atom stereocenters. The number of guanidine groups is 2. The Balaban J connectivity index is 0.00000103. The van der Waals surface area contributed by atoms with Gasteiger partial charge < -0.3 is 59.9 Å². The fraction of sp³-hybridized carbons (Fsp3) is 0.526. The SMILES string of the molecule is NC(N)=NCCC[C@H](N)C(=O)O.NC(N)=NCCC[C@H](N)C(=O)O.O=C(O)CCS[C@H](c1ccccc1CCCCCCCCc1ccccc1)[C@@H](O)C(=O)O. The van der Waals surface area contributed by atoms with Crippen molar-refractivity contribution in [2.24, 2.45) is 44.4 Å². The van der Waals surface area contributed by atoms with Crippen molar-refractivity contribution in [1.29, 1.82) is 0 Å². The zero-order chi connectivity index (χ0) is 42.3. The average molecular weight is 807 g/mol. The molecule has 314 valence electrons. The van der Waals surface area contributed by atoms with E-state index >= 15 is 0 Å². The van der Waals surface area contributed by atoms with Gasteiger partial charge in [0.05, 0.1) is 11.7 Å². The number of benzene rings is 2. The van der Waals surface area contributed by atoms with Crippen molar-refractivity contribution in [3.05, 3.63) is 71.3 Å².